The summed E-state index contributed by atoms with van der Waals surface area (Å²) in [6, 6.07) is 10.9. The Labute approximate surface area is 383 Å². The number of carbonyl (C=O) groups excluding carboxylic acids is 3. The van der Waals surface area contributed by atoms with E-state index in [2.05, 4.69) is 64.6 Å². The number of piperazine rings is 1. The van der Waals surface area contributed by atoms with Gasteiger partial charge in [0.2, 0.25) is 23.7 Å². The molecule has 0 aliphatic carbocycles. The summed E-state index contributed by atoms with van der Waals surface area (Å²) in [7, 11) is -1.26. The van der Waals surface area contributed by atoms with Crippen molar-refractivity contribution in [2.24, 2.45) is 0 Å². The first-order chi connectivity index (χ1) is 31.1. The average molecular weight is 977 g/mol. The van der Waals surface area contributed by atoms with Gasteiger partial charge in [0.1, 0.15) is 36.2 Å². The van der Waals surface area contributed by atoms with Gasteiger partial charge >= 0.3 is 0 Å². The van der Waals surface area contributed by atoms with Crippen LogP contribution in [0.3, 0.4) is 0 Å². The van der Waals surface area contributed by atoms with Crippen LogP contribution in [0.2, 0.25) is 0 Å². The number of carbonyl (C=O) groups is 3. The van der Waals surface area contributed by atoms with Gasteiger partial charge in [0.15, 0.2) is 0 Å². The summed E-state index contributed by atoms with van der Waals surface area (Å²) in [5.74, 6) is -3.40. The molecule has 3 aliphatic rings. The van der Waals surface area contributed by atoms with E-state index in [1.54, 1.807) is 37.6 Å². The normalized spacial score (nSPS) is 17.6. The van der Waals surface area contributed by atoms with E-state index in [1.165, 1.54) is 18.3 Å². The smallest absolute Gasteiger partial charge is 0.234 e. The number of anilines is 5. The summed E-state index contributed by atoms with van der Waals surface area (Å²) in [4.78, 5) is 57.3. The number of ether oxygens (including phenoxy) is 1. The molecule has 0 spiro atoms. The van der Waals surface area contributed by atoms with Crippen LogP contribution in [0.4, 0.5) is 42.0 Å². The SMILES string of the molecule is CCc1cc(Nc2ncc(Br)c(Nc3cnc4cc(F)ccc4c3P(C)(C)=O)n2)c(OC)cc1N1CCC(N2CCN(C(=O)Cc3cc(F)c(C4CCC(=O)NC4=O)c(F)c3)CC2)CC1. The lowest BCUT2D eigenvalue weighted by Crippen LogP contribution is -2.54. The molecule has 1 unspecified atom stereocenters. The summed E-state index contributed by atoms with van der Waals surface area (Å²) in [6.07, 6.45) is 5.63. The Morgan fingerprint density at radius 1 is 0.923 bits per heavy atom. The molecule has 14 nitrogen and oxygen atoms in total. The number of fused-ring (bicyclic) bond motifs is 1. The summed E-state index contributed by atoms with van der Waals surface area (Å²) in [6.45, 7) is 9.47. The van der Waals surface area contributed by atoms with Gasteiger partial charge in [0.05, 0.1) is 47.0 Å². The van der Waals surface area contributed by atoms with Crippen molar-refractivity contribution < 1.29 is 36.9 Å². The number of hydrogen-bond donors (Lipinski definition) is 3. The number of aromatic nitrogens is 3. The zero-order valence-electron chi connectivity index (χ0n) is 36.5. The van der Waals surface area contributed by atoms with Crippen molar-refractivity contribution in [2.75, 3.05) is 75.2 Å². The van der Waals surface area contributed by atoms with Crippen molar-refractivity contribution in [3.8, 4) is 5.75 Å². The Morgan fingerprint density at radius 3 is 2.31 bits per heavy atom. The molecule has 2 aromatic heterocycles. The highest BCUT2D eigenvalue weighted by Gasteiger charge is 2.34. The second-order valence-electron chi connectivity index (χ2n) is 17.0. The number of piperidine rings is 2. The second-order valence-corrected chi connectivity index (χ2v) is 21.0. The quantitative estimate of drug-likeness (QED) is 0.0842. The molecule has 19 heteroatoms. The van der Waals surface area contributed by atoms with Crippen molar-refractivity contribution in [3.05, 3.63) is 93.5 Å². The number of imide groups is 1. The monoisotopic (exact) mass is 975 g/mol. The lowest BCUT2D eigenvalue weighted by Gasteiger charge is -2.43. The highest BCUT2D eigenvalue weighted by atomic mass is 79.9. The van der Waals surface area contributed by atoms with Gasteiger partial charge in [-0.1, -0.05) is 6.92 Å². The predicted octanol–water partition coefficient (Wildman–Crippen LogP) is 7.39. The third kappa shape index (κ3) is 9.99. The van der Waals surface area contributed by atoms with Crippen LogP contribution in [0, 0.1) is 17.5 Å². The van der Waals surface area contributed by atoms with E-state index in [0.29, 0.717) is 81.8 Å². The molecule has 5 heterocycles. The molecular formula is C46H50BrF3N9O5P. The Bertz CT molecular complexity index is 2700. The number of nitrogens with zero attached hydrogens (tertiary/aromatic N) is 6. The Balaban J connectivity index is 0.882. The molecule has 65 heavy (non-hydrogen) atoms. The van der Waals surface area contributed by atoms with Crippen LogP contribution in [0.25, 0.3) is 10.9 Å². The van der Waals surface area contributed by atoms with Gasteiger partial charge in [-0.25, -0.2) is 18.2 Å². The van der Waals surface area contributed by atoms with Crippen molar-refractivity contribution in [1.29, 1.82) is 0 Å². The number of nitrogens with one attached hydrogen (secondary N) is 3. The molecule has 8 rings (SSSR count). The molecule has 3 saturated heterocycles. The summed E-state index contributed by atoms with van der Waals surface area (Å²) in [5.41, 5.74) is 3.60. The topological polar surface area (TPSA) is 162 Å². The number of methoxy groups -OCH3 is 1. The summed E-state index contributed by atoms with van der Waals surface area (Å²) >= 11 is 3.54. The van der Waals surface area contributed by atoms with Crippen LogP contribution in [0.15, 0.2) is 59.3 Å². The fourth-order valence-electron chi connectivity index (χ4n) is 9.18. The van der Waals surface area contributed by atoms with E-state index >= 15 is 8.78 Å². The lowest BCUT2D eigenvalue weighted by molar-refractivity contribution is -0.135. The zero-order valence-corrected chi connectivity index (χ0v) is 39.0. The zero-order chi connectivity index (χ0) is 46.2. The minimum atomic E-state index is -2.87. The average Bonchev–Trinajstić information content (AvgIpc) is 3.27. The molecule has 1 atom stereocenters. The van der Waals surface area contributed by atoms with E-state index in [9.17, 15) is 23.3 Å². The standard InChI is InChI=1S/C46H50BrF3N9O5P/c1-5-27-21-36(54-46-52-24-32(47)44(56-46)53-37-25-51-35-22-28(48)6-7-30(35)43(37)65(3,4)63)39(64-2)23-38(27)58-12-10-29(11-13-58)57-14-16-59(17-15-57)41(61)20-26-18-33(49)42(34(50)19-26)31-8-9-40(60)55-45(31)62/h6-7,18-19,21-25,29,31H,5,8-17,20H2,1-4H3,(H,55,60,62)(H2,52,53,54,56). The minimum Gasteiger partial charge on any atom is -0.494 e. The number of halogens is 4. The largest absolute Gasteiger partial charge is 0.494 e. The van der Waals surface area contributed by atoms with Crippen LogP contribution >= 0.6 is 23.1 Å². The molecule has 0 bridgehead atoms. The van der Waals surface area contributed by atoms with Gasteiger partial charge in [-0.15, -0.1) is 0 Å². The fourth-order valence-corrected chi connectivity index (χ4v) is 10.9. The van der Waals surface area contributed by atoms with E-state index < -0.39 is 42.3 Å². The number of aryl methyl sites for hydroxylation is 1. The van der Waals surface area contributed by atoms with E-state index in [-0.39, 0.29) is 36.3 Å². The van der Waals surface area contributed by atoms with E-state index in [0.717, 1.165) is 55.7 Å². The van der Waals surface area contributed by atoms with Crippen LogP contribution in [0.1, 0.15) is 55.2 Å². The highest BCUT2D eigenvalue weighted by Crippen LogP contribution is 2.42. The molecule has 3 aliphatic heterocycles. The maximum Gasteiger partial charge on any atom is 0.234 e. The van der Waals surface area contributed by atoms with Gasteiger partial charge in [-0.2, -0.15) is 4.98 Å². The van der Waals surface area contributed by atoms with Gasteiger partial charge in [-0.3, -0.25) is 29.6 Å². The number of hydrogen-bond acceptors (Lipinski definition) is 12. The maximum atomic E-state index is 15.1. The van der Waals surface area contributed by atoms with Crippen molar-refractivity contribution in [2.45, 2.75) is 57.4 Å². The van der Waals surface area contributed by atoms with Crippen molar-refractivity contribution >= 4 is 85.8 Å². The number of benzene rings is 3. The molecule has 342 valence electrons. The van der Waals surface area contributed by atoms with Crippen LogP contribution < -0.4 is 30.9 Å². The third-order valence-corrected chi connectivity index (χ3v) is 14.6. The van der Waals surface area contributed by atoms with Crippen LogP contribution in [0.5, 0.6) is 5.75 Å². The molecular weight excluding hydrogens is 926 g/mol. The summed E-state index contributed by atoms with van der Waals surface area (Å²) < 4.78 is 64.3. The Hall–Kier alpha value is -5.58. The first kappa shape index (κ1) is 46.0. The Kier molecular flexibility index (Phi) is 13.5. The predicted molar refractivity (Wildman–Crippen MR) is 248 cm³/mol. The number of amides is 3. The third-order valence-electron chi connectivity index (χ3n) is 12.4. The van der Waals surface area contributed by atoms with Crippen LogP contribution in [-0.4, -0.2) is 108 Å². The van der Waals surface area contributed by atoms with E-state index in [1.807, 2.05) is 6.07 Å². The summed E-state index contributed by atoms with van der Waals surface area (Å²) in [5, 5.41) is 9.88. The van der Waals surface area contributed by atoms with Gasteiger partial charge < -0.3 is 29.7 Å². The number of rotatable bonds is 12. The maximum absolute atomic E-state index is 15.1. The van der Waals surface area contributed by atoms with Crippen molar-refractivity contribution in [1.82, 2.24) is 30.1 Å². The first-order valence-corrected chi connectivity index (χ1v) is 25.0. The van der Waals surface area contributed by atoms with Crippen LogP contribution in [-0.2, 0) is 31.8 Å². The molecule has 5 aromatic rings. The molecule has 3 N–H and O–H groups in total. The molecule has 3 amide bonds. The van der Waals surface area contributed by atoms with E-state index in [4.69, 9.17) is 9.72 Å². The second kappa shape index (κ2) is 19.1. The van der Waals surface area contributed by atoms with Gasteiger partial charge in [0.25, 0.3) is 0 Å². The molecule has 3 aromatic carbocycles. The number of pyridine rings is 1. The Morgan fingerprint density at radius 2 is 1.65 bits per heavy atom. The van der Waals surface area contributed by atoms with Crippen molar-refractivity contribution in [3.63, 3.8) is 0 Å². The molecule has 3 fully saturated rings. The fraction of sp³-hybridized carbons (Fsp3) is 0.391. The van der Waals surface area contributed by atoms with Gasteiger partial charge in [0, 0.05) is 92.0 Å². The van der Waals surface area contributed by atoms with Gasteiger partial charge in [-0.05, 0) is 96.4 Å². The first-order valence-electron chi connectivity index (χ1n) is 21.6. The highest BCUT2D eigenvalue weighted by molar-refractivity contribution is 9.10. The molecule has 0 saturated carbocycles. The lowest BCUT2D eigenvalue weighted by atomic mass is 9.89. The molecule has 0 radical (unpaired) electrons. The minimum absolute atomic E-state index is 0.00170.